The quantitative estimate of drug-likeness (QED) is 0.838. The monoisotopic (exact) mass is 342 g/mol. The molecule has 0 aliphatic heterocycles. The number of sulfone groups is 1. The lowest BCUT2D eigenvalue weighted by Crippen LogP contribution is -2.04. The normalized spacial score (nSPS) is 12.5. The molecular formula is C16H13F3O3S. The third-order valence-corrected chi connectivity index (χ3v) is 4.50. The summed E-state index contributed by atoms with van der Waals surface area (Å²) in [4.78, 5) is -0.00865. The van der Waals surface area contributed by atoms with E-state index >= 15 is 0 Å². The predicted octanol–water partition coefficient (Wildman–Crippen LogP) is 4.16. The van der Waals surface area contributed by atoms with Gasteiger partial charge in [0.05, 0.1) is 12.7 Å². The van der Waals surface area contributed by atoms with Crippen LogP contribution >= 0.6 is 0 Å². The number of hydrogen-bond donors (Lipinski definition) is 0. The van der Waals surface area contributed by atoms with Crippen LogP contribution in [-0.4, -0.2) is 15.5 Å². The highest BCUT2D eigenvalue weighted by Gasteiger charge is 2.29. The Labute approximate surface area is 131 Å². The maximum atomic E-state index is 12.5. The second-order valence-corrected chi connectivity index (χ2v) is 6.42. The number of methoxy groups -OCH3 is 1. The molecule has 0 aliphatic carbocycles. The highest BCUT2D eigenvalue weighted by molar-refractivity contribution is 7.94. The van der Waals surface area contributed by atoms with Crippen LogP contribution in [0.15, 0.2) is 58.8 Å². The van der Waals surface area contributed by atoms with E-state index in [0.717, 1.165) is 17.5 Å². The molecule has 0 aliphatic rings. The average molecular weight is 342 g/mol. The Kier molecular flexibility index (Phi) is 4.79. The standard InChI is InChI=1S/C16H13F3O3S/c1-22-14-4-2-3-5-15(14)23(20,21)11-10-12-6-8-13(9-7-12)16(17,18)19/h2-11H,1H3/b11-10+. The first-order valence-corrected chi connectivity index (χ1v) is 8.02. The van der Waals surface area contributed by atoms with Crippen LogP contribution in [0.25, 0.3) is 6.08 Å². The molecule has 0 radical (unpaired) electrons. The van der Waals surface area contributed by atoms with Gasteiger partial charge in [0.15, 0.2) is 0 Å². The van der Waals surface area contributed by atoms with Crippen LogP contribution in [0.1, 0.15) is 11.1 Å². The van der Waals surface area contributed by atoms with Crippen molar-refractivity contribution >= 4 is 15.9 Å². The maximum Gasteiger partial charge on any atom is 0.416 e. The summed E-state index contributed by atoms with van der Waals surface area (Å²) in [6.45, 7) is 0. The first-order valence-electron chi connectivity index (χ1n) is 6.47. The van der Waals surface area contributed by atoms with Crippen LogP contribution < -0.4 is 4.74 Å². The maximum absolute atomic E-state index is 12.5. The molecule has 0 aromatic heterocycles. The SMILES string of the molecule is COc1ccccc1S(=O)(=O)/C=C/c1ccc(C(F)(F)F)cc1. The van der Waals surface area contributed by atoms with E-state index in [9.17, 15) is 21.6 Å². The second-order valence-electron chi connectivity index (χ2n) is 4.62. The molecule has 122 valence electrons. The Balaban J connectivity index is 2.28. The van der Waals surface area contributed by atoms with E-state index in [4.69, 9.17) is 4.74 Å². The van der Waals surface area contributed by atoms with Crippen LogP contribution in [0, 0.1) is 0 Å². The summed E-state index contributed by atoms with van der Waals surface area (Å²) >= 11 is 0. The molecule has 7 heteroatoms. The third-order valence-electron chi connectivity index (χ3n) is 3.05. The molecular weight excluding hydrogens is 329 g/mol. The summed E-state index contributed by atoms with van der Waals surface area (Å²) in [6.07, 6.45) is -3.19. The Hall–Kier alpha value is -2.28. The van der Waals surface area contributed by atoms with Gasteiger partial charge in [0.2, 0.25) is 9.84 Å². The lowest BCUT2D eigenvalue weighted by atomic mass is 10.1. The Morgan fingerprint density at radius 3 is 2.17 bits per heavy atom. The van der Waals surface area contributed by atoms with Crippen molar-refractivity contribution in [1.29, 1.82) is 0 Å². The van der Waals surface area contributed by atoms with Crippen LogP contribution in [0.2, 0.25) is 0 Å². The molecule has 0 unspecified atom stereocenters. The van der Waals surface area contributed by atoms with Gasteiger partial charge < -0.3 is 4.74 Å². The number of benzene rings is 2. The number of ether oxygens (including phenoxy) is 1. The summed E-state index contributed by atoms with van der Waals surface area (Å²) in [6, 6.07) is 10.3. The smallest absolute Gasteiger partial charge is 0.416 e. The second kappa shape index (κ2) is 6.45. The zero-order valence-corrected chi connectivity index (χ0v) is 12.9. The fourth-order valence-electron chi connectivity index (χ4n) is 1.88. The molecule has 2 rings (SSSR count). The van der Waals surface area contributed by atoms with Crippen LogP contribution in [0.3, 0.4) is 0 Å². The molecule has 2 aromatic rings. The molecule has 0 fully saturated rings. The van der Waals surface area contributed by atoms with Gasteiger partial charge in [-0.25, -0.2) is 8.42 Å². The van der Waals surface area contributed by atoms with Crippen molar-refractivity contribution in [2.75, 3.05) is 7.11 Å². The van der Waals surface area contributed by atoms with E-state index in [1.165, 1.54) is 37.5 Å². The number of halogens is 3. The van der Waals surface area contributed by atoms with Crippen molar-refractivity contribution in [3.05, 3.63) is 65.1 Å². The molecule has 0 heterocycles. The predicted molar refractivity (Wildman–Crippen MR) is 80.7 cm³/mol. The molecule has 0 atom stereocenters. The summed E-state index contributed by atoms with van der Waals surface area (Å²) in [7, 11) is -2.41. The minimum absolute atomic E-state index is 0.00865. The molecule has 3 nitrogen and oxygen atoms in total. The molecule has 0 saturated carbocycles. The van der Waals surface area contributed by atoms with E-state index < -0.39 is 21.6 Å². The summed E-state index contributed by atoms with van der Waals surface area (Å²) < 4.78 is 66.9. The molecule has 2 aromatic carbocycles. The summed E-state index contributed by atoms with van der Waals surface area (Å²) in [5.41, 5.74) is -0.446. The van der Waals surface area contributed by atoms with Gasteiger partial charge in [-0.3, -0.25) is 0 Å². The van der Waals surface area contributed by atoms with Gasteiger partial charge in [0, 0.05) is 5.41 Å². The largest absolute Gasteiger partial charge is 0.495 e. The van der Waals surface area contributed by atoms with Gasteiger partial charge in [-0.05, 0) is 35.9 Å². The van der Waals surface area contributed by atoms with E-state index in [2.05, 4.69) is 0 Å². The minimum atomic E-state index is -4.42. The van der Waals surface area contributed by atoms with Gasteiger partial charge in [-0.2, -0.15) is 13.2 Å². The summed E-state index contributed by atoms with van der Waals surface area (Å²) in [5, 5.41) is 0.938. The lowest BCUT2D eigenvalue weighted by molar-refractivity contribution is -0.137. The number of rotatable bonds is 4. The van der Waals surface area contributed by atoms with Gasteiger partial charge in [0.25, 0.3) is 0 Å². The first-order chi connectivity index (χ1) is 10.7. The van der Waals surface area contributed by atoms with E-state index in [1.807, 2.05) is 0 Å². The zero-order valence-electron chi connectivity index (χ0n) is 12.0. The van der Waals surface area contributed by atoms with E-state index in [1.54, 1.807) is 12.1 Å². The molecule has 23 heavy (non-hydrogen) atoms. The summed E-state index contributed by atoms with van der Waals surface area (Å²) in [5.74, 6) is 0.199. The topological polar surface area (TPSA) is 43.4 Å². The van der Waals surface area contributed by atoms with Gasteiger partial charge in [-0.15, -0.1) is 0 Å². The van der Waals surface area contributed by atoms with Crippen molar-refractivity contribution in [2.24, 2.45) is 0 Å². The molecule has 0 spiro atoms. The lowest BCUT2D eigenvalue weighted by Gasteiger charge is -2.07. The fraction of sp³-hybridized carbons (Fsp3) is 0.125. The average Bonchev–Trinajstić information content (AvgIpc) is 2.52. The highest BCUT2D eigenvalue weighted by Crippen LogP contribution is 2.29. The molecule has 0 bridgehead atoms. The Morgan fingerprint density at radius 2 is 1.61 bits per heavy atom. The van der Waals surface area contributed by atoms with Crippen molar-refractivity contribution in [3.63, 3.8) is 0 Å². The fourth-order valence-corrected chi connectivity index (χ4v) is 3.06. The van der Waals surface area contributed by atoms with Crippen molar-refractivity contribution in [3.8, 4) is 5.75 Å². The Bertz CT molecular complexity index is 807. The van der Waals surface area contributed by atoms with Crippen molar-refractivity contribution < 1.29 is 26.3 Å². The Morgan fingerprint density at radius 1 is 1.00 bits per heavy atom. The third kappa shape index (κ3) is 4.13. The number of para-hydroxylation sites is 1. The van der Waals surface area contributed by atoms with Gasteiger partial charge >= 0.3 is 6.18 Å². The first kappa shape index (κ1) is 17.1. The van der Waals surface area contributed by atoms with Crippen molar-refractivity contribution in [2.45, 2.75) is 11.1 Å². The van der Waals surface area contributed by atoms with Gasteiger partial charge in [-0.1, -0.05) is 24.3 Å². The minimum Gasteiger partial charge on any atom is -0.495 e. The highest BCUT2D eigenvalue weighted by atomic mass is 32.2. The van der Waals surface area contributed by atoms with E-state index in [0.29, 0.717) is 5.56 Å². The molecule has 0 amide bonds. The molecule has 0 saturated heterocycles. The molecule has 0 N–H and O–H groups in total. The van der Waals surface area contributed by atoms with Crippen LogP contribution in [0.4, 0.5) is 13.2 Å². The van der Waals surface area contributed by atoms with Crippen LogP contribution in [0.5, 0.6) is 5.75 Å². The van der Waals surface area contributed by atoms with Crippen LogP contribution in [-0.2, 0) is 16.0 Å². The number of hydrogen-bond acceptors (Lipinski definition) is 3. The zero-order chi connectivity index (χ0) is 17.1. The number of alkyl halides is 3. The van der Waals surface area contributed by atoms with E-state index in [-0.39, 0.29) is 10.6 Å². The van der Waals surface area contributed by atoms with Crippen molar-refractivity contribution in [1.82, 2.24) is 0 Å². The van der Waals surface area contributed by atoms with Gasteiger partial charge in [0.1, 0.15) is 10.6 Å².